The van der Waals surface area contributed by atoms with Crippen molar-refractivity contribution in [1.29, 1.82) is 0 Å². The first-order chi connectivity index (χ1) is 9.72. The summed E-state index contributed by atoms with van der Waals surface area (Å²) >= 11 is 1.78. The fraction of sp³-hybridized carbons (Fsp3) is 0.750. The second-order valence-electron chi connectivity index (χ2n) is 5.09. The van der Waals surface area contributed by atoms with Gasteiger partial charge in [-0.05, 0) is 0 Å². The highest BCUT2D eigenvalue weighted by Gasteiger charge is 2.29. The van der Waals surface area contributed by atoms with Crippen LogP contribution in [0.5, 0.6) is 0 Å². The van der Waals surface area contributed by atoms with Gasteiger partial charge in [-0.2, -0.15) is 0 Å². The molecule has 1 N–H and O–H groups in total. The van der Waals surface area contributed by atoms with Crippen molar-refractivity contribution in [3.63, 3.8) is 0 Å². The Morgan fingerprint density at radius 1 is 1.40 bits per heavy atom. The van der Waals surface area contributed by atoms with E-state index in [1.165, 1.54) is 0 Å². The lowest BCUT2D eigenvalue weighted by atomic mass is 10.2. The molecule has 1 amide bonds. The average Bonchev–Trinajstić information content (AvgIpc) is 3.11. The van der Waals surface area contributed by atoms with E-state index in [1.54, 1.807) is 18.7 Å². The minimum Gasteiger partial charge on any atom is -0.424 e. The topological polar surface area (TPSA) is 74.5 Å². The van der Waals surface area contributed by atoms with Crippen LogP contribution in [0.4, 0.5) is 0 Å². The predicted molar refractivity (Wildman–Crippen MR) is 75.1 cm³/mol. The third-order valence-electron chi connectivity index (χ3n) is 3.63. The molecule has 1 aromatic rings. The van der Waals surface area contributed by atoms with Gasteiger partial charge in [-0.25, -0.2) is 0 Å². The van der Waals surface area contributed by atoms with Crippen LogP contribution in [0, 0.1) is 6.92 Å². The minimum absolute atomic E-state index is 0.00476. The number of rotatable bonds is 3. The molecule has 0 aliphatic carbocycles. The van der Waals surface area contributed by atoms with Gasteiger partial charge in [0.2, 0.25) is 17.7 Å². The molecule has 20 heavy (non-hydrogen) atoms. The summed E-state index contributed by atoms with van der Waals surface area (Å²) in [5, 5.41) is 11.1. The van der Waals surface area contributed by atoms with Gasteiger partial charge in [0, 0.05) is 44.7 Å². The van der Waals surface area contributed by atoms with Crippen LogP contribution in [-0.4, -0.2) is 69.8 Å². The van der Waals surface area contributed by atoms with Gasteiger partial charge in [-0.3, -0.25) is 15.0 Å². The van der Waals surface area contributed by atoms with Gasteiger partial charge in [-0.15, -0.1) is 22.0 Å². The second kappa shape index (κ2) is 6.11. The van der Waals surface area contributed by atoms with E-state index in [2.05, 4.69) is 20.4 Å². The Morgan fingerprint density at radius 3 is 2.80 bits per heavy atom. The van der Waals surface area contributed by atoms with Crippen LogP contribution in [0.2, 0.25) is 0 Å². The lowest BCUT2D eigenvalue weighted by molar-refractivity contribution is -0.134. The van der Waals surface area contributed by atoms with Crippen molar-refractivity contribution in [1.82, 2.24) is 25.3 Å². The quantitative estimate of drug-likeness (QED) is 0.820. The smallest absolute Gasteiger partial charge is 0.240 e. The molecular formula is C12H19N5O2S. The zero-order valence-corrected chi connectivity index (χ0v) is 12.4. The Bertz CT molecular complexity index is 466. The van der Waals surface area contributed by atoms with Gasteiger partial charge >= 0.3 is 0 Å². The Morgan fingerprint density at radius 2 is 2.20 bits per heavy atom. The molecule has 8 heteroatoms. The molecule has 3 rings (SSSR count). The molecule has 1 unspecified atom stereocenters. The van der Waals surface area contributed by atoms with Gasteiger partial charge in [0.05, 0.1) is 12.6 Å². The molecule has 2 aliphatic rings. The fourth-order valence-electron chi connectivity index (χ4n) is 2.49. The van der Waals surface area contributed by atoms with E-state index in [9.17, 15) is 4.79 Å². The van der Waals surface area contributed by atoms with Crippen molar-refractivity contribution in [2.45, 2.75) is 19.5 Å². The highest BCUT2D eigenvalue weighted by molar-refractivity contribution is 7.99. The molecule has 2 fully saturated rings. The van der Waals surface area contributed by atoms with Gasteiger partial charge in [0.25, 0.3) is 0 Å². The van der Waals surface area contributed by atoms with Crippen molar-refractivity contribution < 1.29 is 9.21 Å². The zero-order chi connectivity index (χ0) is 13.9. The van der Waals surface area contributed by atoms with Crippen LogP contribution in [-0.2, 0) is 11.3 Å². The molecule has 0 saturated carbocycles. The standard InChI is InChI=1S/C12H19N5O2S/c1-9-14-15-11(19-9)6-16-2-4-17(5-3-16)12(18)10-7-20-8-13-10/h10,13H,2-8H2,1H3. The molecule has 110 valence electrons. The molecule has 0 aromatic carbocycles. The highest BCUT2D eigenvalue weighted by Crippen LogP contribution is 2.14. The van der Waals surface area contributed by atoms with Crippen LogP contribution in [0.15, 0.2) is 4.42 Å². The number of piperazine rings is 1. The molecule has 2 saturated heterocycles. The first-order valence-corrected chi connectivity index (χ1v) is 7.99. The predicted octanol–water partition coefficient (Wildman–Crippen LogP) is -0.315. The van der Waals surface area contributed by atoms with Crippen molar-refractivity contribution in [2.24, 2.45) is 0 Å². The number of hydrogen-bond acceptors (Lipinski definition) is 7. The maximum Gasteiger partial charge on any atom is 0.240 e. The third kappa shape index (κ3) is 3.13. The van der Waals surface area contributed by atoms with Crippen LogP contribution in [0.1, 0.15) is 11.8 Å². The molecule has 7 nitrogen and oxygen atoms in total. The first kappa shape index (κ1) is 13.8. The van der Waals surface area contributed by atoms with Gasteiger partial charge in [0.15, 0.2) is 0 Å². The SMILES string of the molecule is Cc1nnc(CN2CCN(C(=O)C3CSCN3)CC2)o1. The number of carbonyl (C=O) groups is 1. The lowest BCUT2D eigenvalue weighted by Gasteiger charge is -2.35. The zero-order valence-electron chi connectivity index (χ0n) is 11.5. The molecule has 1 atom stereocenters. The fourth-order valence-corrected chi connectivity index (χ4v) is 3.43. The number of thioether (sulfide) groups is 1. The largest absolute Gasteiger partial charge is 0.424 e. The van der Waals surface area contributed by atoms with Crippen LogP contribution in [0.25, 0.3) is 0 Å². The van der Waals surface area contributed by atoms with Crippen LogP contribution in [0.3, 0.4) is 0 Å². The van der Waals surface area contributed by atoms with E-state index in [0.29, 0.717) is 18.3 Å². The maximum atomic E-state index is 12.3. The number of aromatic nitrogens is 2. The Labute approximate surface area is 122 Å². The van der Waals surface area contributed by atoms with E-state index < -0.39 is 0 Å². The molecule has 2 aliphatic heterocycles. The summed E-state index contributed by atoms with van der Waals surface area (Å²) < 4.78 is 5.38. The summed E-state index contributed by atoms with van der Waals surface area (Å²) in [6.45, 7) is 5.71. The number of carbonyl (C=O) groups excluding carboxylic acids is 1. The van der Waals surface area contributed by atoms with Gasteiger partial charge in [0.1, 0.15) is 0 Å². The van der Waals surface area contributed by atoms with E-state index >= 15 is 0 Å². The van der Waals surface area contributed by atoms with E-state index in [-0.39, 0.29) is 11.9 Å². The van der Waals surface area contributed by atoms with E-state index in [4.69, 9.17) is 4.42 Å². The monoisotopic (exact) mass is 297 g/mol. The Balaban J connectivity index is 1.48. The number of hydrogen-bond donors (Lipinski definition) is 1. The summed E-state index contributed by atoms with van der Waals surface area (Å²) in [6, 6.07) is 0.00476. The van der Waals surface area contributed by atoms with Crippen molar-refractivity contribution in [3.8, 4) is 0 Å². The van der Waals surface area contributed by atoms with Crippen LogP contribution >= 0.6 is 11.8 Å². The molecule has 0 spiro atoms. The van der Waals surface area contributed by atoms with Crippen molar-refractivity contribution in [3.05, 3.63) is 11.8 Å². The summed E-state index contributed by atoms with van der Waals surface area (Å²) in [7, 11) is 0. The van der Waals surface area contributed by atoms with Crippen LogP contribution < -0.4 is 5.32 Å². The van der Waals surface area contributed by atoms with Gasteiger partial charge in [-0.1, -0.05) is 0 Å². The summed E-state index contributed by atoms with van der Waals surface area (Å²) in [5.41, 5.74) is 0. The number of aryl methyl sites for hydroxylation is 1. The molecule has 0 bridgehead atoms. The average molecular weight is 297 g/mol. The lowest BCUT2D eigenvalue weighted by Crippen LogP contribution is -2.53. The summed E-state index contributed by atoms with van der Waals surface area (Å²) in [4.78, 5) is 16.5. The first-order valence-electron chi connectivity index (χ1n) is 6.83. The normalized spacial score (nSPS) is 24.2. The number of nitrogens with zero attached hydrogens (tertiary/aromatic N) is 4. The van der Waals surface area contributed by atoms with E-state index in [1.807, 2.05) is 4.90 Å². The number of amides is 1. The summed E-state index contributed by atoms with van der Waals surface area (Å²) in [5.74, 6) is 3.26. The highest BCUT2D eigenvalue weighted by atomic mass is 32.2. The van der Waals surface area contributed by atoms with Gasteiger partial charge < -0.3 is 9.32 Å². The number of nitrogens with one attached hydrogen (secondary N) is 1. The Hall–Kier alpha value is -1.12. The van der Waals surface area contributed by atoms with E-state index in [0.717, 1.165) is 37.8 Å². The van der Waals surface area contributed by atoms with Crippen molar-refractivity contribution in [2.75, 3.05) is 37.8 Å². The molecule has 1 aromatic heterocycles. The maximum absolute atomic E-state index is 12.3. The third-order valence-corrected chi connectivity index (χ3v) is 4.56. The van der Waals surface area contributed by atoms with Crippen molar-refractivity contribution >= 4 is 17.7 Å². The summed E-state index contributed by atoms with van der Waals surface area (Å²) in [6.07, 6.45) is 0. The minimum atomic E-state index is 0.00476. The molecular weight excluding hydrogens is 278 g/mol. The molecule has 0 radical (unpaired) electrons. The molecule has 3 heterocycles. The second-order valence-corrected chi connectivity index (χ2v) is 6.12. The Kier molecular flexibility index (Phi) is 4.23.